The average molecular weight is 413 g/mol. The molecule has 0 fully saturated rings. The van der Waals surface area contributed by atoms with Crippen LogP contribution in [-0.2, 0) is 0 Å². The van der Waals surface area contributed by atoms with E-state index in [4.69, 9.17) is 0 Å². The number of benzene rings is 3. The van der Waals surface area contributed by atoms with E-state index in [1.54, 1.807) is 0 Å². The van der Waals surface area contributed by atoms with Crippen LogP contribution < -0.4 is 15.9 Å². The third-order valence-electron chi connectivity index (χ3n) is 5.24. The molecule has 0 amide bonds. The summed E-state index contributed by atoms with van der Waals surface area (Å²) < 4.78 is 0. The summed E-state index contributed by atoms with van der Waals surface area (Å²) in [5.41, 5.74) is 0. The van der Waals surface area contributed by atoms with Crippen LogP contribution in [0.3, 0.4) is 0 Å². The Balaban J connectivity index is 2.40. The first kappa shape index (κ1) is 18.4. The Kier molecular flexibility index (Phi) is 5.46. The van der Waals surface area contributed by atoms with E-state index in [-0.39, 0.29) is 0 Å². The van der Waals surface area contributed by atoms with Crippen molar-refractivity contribution in [2.24, 2.45) is 5.92 Å². The van der Waals surface area contributed by atoms with Crippen LogP contribution in [0.25, 0.3) is 0 Å². The van der Waals surface area contributed by atoms with Gasteiger partial charge in [0.05, 0.1) is 0 Å². The van der Waals surface area contributed by atoms with Gasteiger partial charge in [0.25, 0.3) is 0 Å². The van der Waals surface area contributed by atoms with Crippen molar-refractivity contribution in [3.8, 4) is 0 Å². The maximum atomic E-state index is 4.49. The van der Waals surface area contributed by atoms with E-state index >= 15 is 0 Å². The first-order chi connectivity index (χ1) is 12.1. The average Bonchev–Trinajstić information content (AvgIpc) is 2.70. The molecule has 2 heteroatoms. The van der Waals surface area contributed by atoms with Gasteiger partial charge < -0.3 is 0 Å². The monoisotopic (exact) mass is 412 g/mol. The zero-order chi connectivity index (χ0) is 17.8. The molecule has 0 saturated carbocycles. The second-order valence-electron chi connectivity index (χ2n) is 6.89. The summed E-state index contributed by atoms with van der Waals surface area (Å²) in [6.45, 7) is 4.66. The molecule has 0 bridgehead atoms. The van der Waals surface area contributed by atoms with E-state index in [0.29, 0.717) is 5.92 Å². The van der Waals surface area contributed by atoms with E-state index < -0.39 is 5.31 Å². The van der Waals surface area contributed by atoms with Gasteiger partial charge in [0, 0.05) is 0 Å². The normalized spacial score (nSPS) is 14.4. The van der Waals surface area contributed by atoms with Gasteiger partial charge in [-0.2, -0.15) is 0 Å². The molecule has 0 radical (unpaired) electrons. The molecular formula is C23H26BrP. The molecule has 130 valence electrons. The first-order valence-electron chi connectivity index (χ1n) is 8.99. The number of rotatable bonds is 6. The third kappa shape index (κ3) is 3.21. The molecule has 0 nitrogen and oxygen atoms in total. The van der Waals surface area contributed by atoms with E-state index in [2.05, 4.69) is 120 Å². The summed E-state index contributed by atoms with van der Waals surface area (Å²) in [5.74, 6) is 0.623. The van der Waals surface area contributed by atoms with Crippen molar-refractivity contribution in [2.75, 3.05) is 6.16 Å². The SMILES string of the molecule is CC[C@H](C)CP(Br)(c1ccccc1)(c1ccccc1)c1ccccc1. The number of halogens is 1. The molecule has 0 aliphatic rings. The van der Waals surface area contributed by atoms with Gasteiger partial charge in [-0.05, 0) is 0 Å². The molecule has 25 heavy (non-hydrogen) atoms. The Morgan fingerprint density at radius 1 is 0.680 bits per heavy atom. The van der Waals surface area contributed by atoms with Gasteiger partial charge in [-0.3, -0.25) is 0 Å². The molecule has 0 aliphatic carbocycles. The quantitative estimate of drug-likeness (QED) is 0.444. The van der Waals surface area contributed by atoms with Crippen molar-refractivity contribution in [1.82, 2.24) is 0 Å². The molecule has 3 aromatic carbocycles. The second-order valence-corrected chi connectivity index (χ2v) is 15.9. The molecular weight excluding hydrogens is 387 g/mol. The van der Waals surface area contributed by atoms with E-state index in [1.165, 1.54) is 22.3 Å². The number of hydrogen-bond donors (Lipinski definition) is 0. The fourth-order valence-electron chi connectivity index (χ4n) is 3.69. The van der Waals surface area contributed by atoms with Crippen molar-refractivity contribution in [3.05, 3.63) is 91.0 Å². The van der Waals surface area contributed by atoms with Gasteiger partial charge in [-0.15, -0.1) is 0 Å². The van der Waals surface area contributed by atoms with Crippen molar-refractivity contribution in [2.45, 2.75) is 20.3 Å². The van der Waals surface area contributed by atoms with Crippen LogP contribution in [0.4, 0.5) is 0 Å². The minimum atomic E-state index is -2.71. The first-order valence-corrected chi connectivity index (χ1v) is 13.4. The van der Waals surface area contributed by atoms with Crippen LogP contribution in [0.2, 0.25) is 0 Å². The van der Waals surface area contributed by atoms with Crippen molar-refractivity contribution < 1.29 is 0 Å². The van der Waals surface area contributed by atoms with Gasteiger partial charge in [0.1, 0.15) is 0 Å². The molecule has 0 aromatic heterocycles. The number of hydrogen-bond acceptors (Lipinski definition) is 0. The summed E-state index contributed by atoms with van der Waals surface area (Å²) in [6.07, 6.45) is 2.30. The van der Waals surface area contributed by atoms with E-state index in [1.807, 2.05) is 0 Å². The van der Waals surface area contributed by atoms with Gasteiger partial charge >= 0.3 is 160 Å². The van der Waals surface area contributed by atoms with Gasteiger partial charge in [0.2, 0.25) is 0 Å². The zero-order valence-electron chi connectivity index (χ0n) is 15.0. The Bertz CT molecular complexity index is 700. The van der Waals surface area contributed by atoms with Gasteiger partial charge in [-0.1, -0.05) is 0 Å². The van der Waals surface area contributed by atoms with E-state index in [9.17, 15) is 0 Å². The van der Waals surface area contributed by atoms with Crippen molar-refractivity contribution >= 4 is 36.7 Å². The Morgan fingerprint density at radius 3 is 1.28 bits per heavy atom. The fraction of sp³-hybridized carbons (Fsp3) is 0.217. The van der Waals surface area contributed by atoms with Crippen molar-refractivity contribution in [1.29, 1.82) is 0 Å². The minimum absolute atomic E-state index is 0.623. The molecule has 3 rings (SSSR count). The Labute approximate surface area is 160 Å². The third-order valence-corrected chi connectivity index (χ3v) is 15.2. The predicted molar refractivity (Wildman–Crippen MR) is 118 cm³/mol. The molecule has 0 unspecified atom stereocenters. The topological polar surface area (TPSA) is 0 Å². The predicted octanol–water partition coefficient (Wildman–Crippen LogP) is 5.87. The summed E-state index contributed by atoms with van der Waals surface area (Å²) in [5, 5.41) is 1.52. The van der Waals surface area contributed by atoms with Crippen LogP contribution >= 0.6 is 20.8 Å². The second kappa shape index (κ2) is 7.44. The Morgan fingerprint density at radius 2 is 1.00 bits per heavy atom. The molecule has 0 heterocycles. The standard InChI is InChI=1S/C23H26BrP/c1-3-20(2)19-25(24,21-13-7-4-8-14-21,22-15-9-5-10-16-22)23-17-11-6-12-18-23/h4-18,20H,3,19H2,1-2H3/t20-/m0/s1. The molecule has 1 atom stereocenters. The molecule has 0 aliphatic heterocycles. The van der Waals surface area contributed by atoms with Gasteiger partial charge in [-0.25, -0.2) is 0 Å². The molecule has 0 N–H and O–H groups in total. The molecule has 0 saturated heterocycles. The summed E-state index contributed by atoms with van der Waals surface area (Å²) >= 11 is 4.49. The van der Waals surface area contributed by atoms with Crippen LogP contribution in [0.15, 0.2) is 91.0 Å². The molecule has 3 aromatic rings. The summed E-state index contributed by atoms with van der Waals surface area (Å²) in [6, 6.07) is 33.1. The summed E-state index contributed by atoms with van der Waals surface area (Å²) in [4.78, 5) is 0. The van der Waals surface area contributed by atoms with Crippen LogP contribution in [0, 0.1) is 5.92 Å². The zero-order valence-corrected chi connectivity index (χ0v) is 17.5. The van der Waals surface area contributed by atoms with Crippen molar-refractivity contribution in [3.63, 3.8) is 0 Å². The van der Waals surface area contributed by atoms with E-state index in [0.717, 1.165) is 6.16 Å². The van der Waals surface area contributed by atoms with Crippen LogP contribution in [-0.4, -0.2) is 6.16 Å². The van der Waals surface area contributed by atoms with Crippen LogP contribution in [0.1, 0.15) is 20.3 Å². The van der Waals surface area contributed by atoms with Crippen LogP contribution in [0.5, 0.6) is 0 Å². The maximum absolute atomic E-state index is 4.49. The van der Waals surface area contributed by atoms with Gasteiger partial charge in [0.15, 0.2) is 0 Å². The molecule has 0 spiro atoms. The Hall–Kier alpha value is -1.43. The summed E-state index contributed by atoms with van der Waals surface area (Å²) in [7, 11) is 0. The fourth-order valence-corrected chi connectivity index (χ4v) is 12.6.